The van der Waals surface area contributed by atoms with E-state index in [4.69, 9.17) is 4.74 Å². The number of alkyl halides is 5. The zero-order valence-electron chi connectivity index (χ0n) is 30.3. The zero-order chi connectivity index (χ0) is 39.3. The second kappa shape index (κ2) is 16.7. The second-order valence-corrected chi connectivity index (χ2v) is 14.1. The van der Waals surface area contributed by atoms with Gasteiger partial charge in [-0.1, -0.05) is 26.8 Å². The summed E-state index contributed by atoms with van der Waals surface area (Å²) < 4.78 is 91.9. The van der Waals surface area contributed by atoms with Gasteiger partial charge < -0.3 is 30.5 Å². The van der Waals surface area contributed by atoms with Gasteiger partial charge in [0.1, 0.15) is 17.9 Å². The van der Waals surface area contributed by atoms with Crippen molar-refractivity contribution in [3.05, 3.63) is 53.5 Å². The number of nitrogens with zero attached hydrogens (tertiary/aromatic N) is 3. The van der Waals surface area contributed by atoms with E-state index in [-0.39, 0.29) is 37.0 Å². The van der Waals surface area contributed by atoms with Crippen molar-refractivity contribution in [3.8, 4) is 5.88 Å². The average Bonchev–Trinajstić information content (AvgIpc) is 3.12. The minimum atomic E-state index is -4.51. The molecule has 3 atom stereocenters. The molecule has 0 bridgehead atoms. The fourth-order valence-corrected chi connectivity index (χ4v) is 6.70. The van der Waals surface area contributed by atoms with Gasteiger partial charge in [0.2, 0.25) is 23.6 Å². The fraction of sp³-hybridized carbons (Fsp3) is 0.583. The molecule has 0 unspecified atom stereocenters. The van der Waals surface area contributed by atoms with Crippen LogP contribution < -0.4 is 20.7 Å². The summed E-state index contributed by atoms with van der Waals surface area (Å²) in [6.07, 6.45) is -5.02. The van der Waals surface area contributed by atoms with Crippen LogP contribution >= 0.6 is 0 Å². The molecule has 292 valence electrons. The largest absolute Gasteiger partial charge is 0.481 e. The molecule has 53 heavy (non-hydrogen) atoms. The number of amides is 4. The summed E-state index contributed by atoms with van der Waals surface area (Å²) in [5.41, 5.74) is -2.34. The minimum absolute atomic E-state index is 0.00134. The van der Waals surface area contributed by atoms with Crippen molar-refractivity contribution < 1.29 is 50.3 Å². The van der Waals surface area contributed by atoms with Crippen LogP contribution in [0.1, 0.15) is 69.9 Å². The predicted octanol–water partition coefficient (Wildman–Crippen LogP) is 4.98. The van der Waals surface area contributed by atoms with Gasteiger partial charge in [-0.15, -0.1) is 0 Å². The Bertz CT molecular complexity index is 1630. The third-order valence-corrected chi connectivity index (χ3v) is 10.4. The summed E-state index contributed by atoms with van der Waals surface area (Å²) in [5.74, 6) is -11.3. The monoisotopic (exact) mass is 756 g/mol. The fourth-order valence-electron chi connectivity index (χ4n) is 6.70. The molecule has 1 aromatic heterocycles. The number of rotatable bonds is 12. The third-order valence-electron chi connectivity index (χ3n) is 10.4. The first-order valence-corrected chi connectivity index (χ1v) is 17.4. The summed E-state index contributed by atoms with van der Waals surface area (Å²) in [7, 11) is 3.19. The van der Waals surface area contributed by atoms with E-state index < -0.39 is 83.2 Å². The van der Waals surface area contributed by atoms with Crippen LogP contribution in [0.25, 0.3) is 0 Å². The van der Waals surface area contributed by atoms with Gasteiger partial charge >= 0.3 is 12.1 Å². The highest BCUT2D eigenvalue weighted by Crippen LogP contribution is 2.47. The van der Waals surface area contributed by atoms with Gasteiger partial charge in [-0.3, -0.25) is 19.2 Å². The molecule has 0 spiro atoms. The summed E-state index contributed by atoms with van der Waals surface area (Å²) >= 11 is 0. The highest BCUT2D eigenvalue weighted by Gasteiger charge is 2.51. The first-order chi connectivity index (χ1) is 24.8. The lowest BCUT2D eigenvalue weighted by Crippen LogP contribution is -2.57. The number of pyridine rings is 1. The van der Waals surface area contributed by atoms with E-state index in [1.807, 2.05) is 7.05 Å². The Balaban J connectivity index is 1.59. The Morgan fingerprint density at radius 1 is 1.00 bits per heavy atom. The van der Waals surface area contributed by atoms with E-state index in [9.17, 15) is 32.3 Å². The molecule has 1 aliphatic carbocycles. The molecule has 1 aromatic carbocycles. The quantitative estimate of drug-likeness (QED) is 0.261. The highest BCUT2D eigenvalue weighted by molar-refractivity contribution is 5.99. The maximum absolute atomic E-state index is 15.7. The van der Waals surface area contributed by atoms with Crippen molar-refractivity contribution >= 4 is 29.3 Å². The molecular weight excluding hydrogens is 710 g/mol. The number of carbonyl (C=O) groups is 4. The summed E-state index contributed by atoms with van der Waals surface area (Å²) in [6.45, 7) is 6.84. The first kappa shape index (κ1) is 41.3. The van der Waals surface area contributed by atoms with Crippen LogP contribution in [-0.2, 0) is 25.1 Å². The molecule has 1 aliphatic heterocycles. The number of hydrogen-bond acceptors (Lipinski definition) is 7. The van der Waals surface area contributed by atoms with E-state index >= 15 is 13.2 Å². The van der Waals surface area contributed by atoms with Crippen LogP contribution in [-0.4, -0.2) is 97.0 Å². The standard InChI is InChI=1S/C36H46F6N6O5/c1-6-27(49)45-29(32(51)48-17-15-47(4)16-18-48)21(2)22-7-9-26(25(37)19-22)44-31(50)30(34(3)13-11-23(12-14-34)36(40,41)42)46-33(52)35(38,39)24-8-10-28(53-5)43-20-24/h7-10,19-21,23,29-30H,6,11-18H2,1-5H3,(H,44,50)(H,45,49)(H,46,52)/t21-,23-,29+,30+,34+/m0/s1. The summed E-state index contributed by atoms with van der Waals surface area (Å²) in [6, 6.07) is 2.88. The molecule has 2 heterocycles. The molecule has 11 nitrogen and oxygen atoms in total. The number of carbonyl (C=O) groups excluding carboxylic acids is 4. The molecule has 2 aliphatic rings. The number of aromatic nitrogens is 1. The Labute approximate surface area is 304 Å². The maximum Gasteiger partial charge on any atom is 0.391 e. The Morgan fingerprint density at radius 2 is 1.64 bits per heavy atom. The number of piperazine rings is 1. The number of benzene rings is 1. The molecule has 4 rings (SSSR count). The maximum atomic E-state index is 15.7. The summed E-state index contributed by atoms with van der Waals surface area (Å²) in [5, 5.41) is 7.12. The van der Waals surface area contributed by atoms with E-state index in [0.717, 1.165) is 24.4 Å². The second-order valence-electron chi connectivity index (χ2n) is 14.1. The molecule has 0 radical (unpaired) electrons. The zero-order valence-corrected chi connectivity index (χ0v) is 30.3. The lowest BCUT2D eigenvalue weighted by Gasteiger charge is -2.43. The van der Waals surface area contributed by atoms with Crippen LogP contribution in [0.2, 0.25) is 0 Å². The molecule has 1 saturated heterocycles. The molecular formula is C36H46F6N6O5. The number of ether oxygens (including phenoxy) is 1. The Kier molecular flexibility index (Phi) is 13.0. The molecule has 3 N–H and O–H groups in total. The number of hydrogen-bond donors (Lipinski definition) is 3. The van der Waals surface area contributed by atoms with E-state index in [1.54, 1.807) is 18.7 Å². The molecule has 17 heteroatoms. The van der Waals surface area contributed by atoms with Crippen LogP contribution in [0.5, 0.6) is 5.88 Å². The van der Waals surface area contributed by atoms with Gasteiger partial charge in [0.25, 0.3) is 5.91 Å². The highest BCUT2D eigenvalue weighted by atomic mass is 19.4. The number of anilines is 1. The van der Waals surface area contributed by atoms with Crippen LogP contribution in [0.15, 0.2) is 36.5 Å². The molecule has 4 amide bonds. The average molecular weight is 757 g/mol. The number of halogens is 6. The van der Waals surface area contributed by atoms with E-state index in [2.05, 4.69) is 25.8 Å². The lowest BCUT2D eigenvalue weighted by molar-refractivity contribution is -0.188. The number of methoxy groups -OCH3 is 1. The molecule has 2 aromatic rings. The van der Waals surface area contributed by atoms with Crippen molar-refractivity contribution in [2.45, 2.75) is 83.0 Å². The SMILES string of the molecule is CCC(=O)N[C@@H](C(=O)N1CCN(C)CC1)[C@@H](C)c1ccc(NC(=O)[C@@H](NC(=O)C(F)(F)c2ccc(OC)nc2)[C@]2(C)CC[C@H](C(F)(F)F)CC2)c(F)c1. The van der Waals surface area contributed by atoms with Crippen molar-refractivity contribution in [1.29, 1.82) is 0 Å². The van der Waals surface area contributed by atoms with Gasteiger partial charge in [0.05, 0.1) is 18.7 Å². The first-order valence-electron chi connectivity index (χ1n) is 17.4. The normalized spacial score (nSPS) is 21.6. The van der Waals surface area contributed by atoms with Gasteiger partial charge in [-0.25, -0.2) is 9.37 Å². The van der Waals surface area contributed by atoms with E-state index in [1.165, 1.54) is 26.2 Å². The van der Waals surface area contributed by atoms with Crippen molar-refractivity contribution in [1.82, 2.24) is 25.4 Å². The van der Waals surface area contributed by atoms with Crippen molar-refractivity contribution in [3.63, 3.8) is 0 Å². The van der Waals surface area contributed by atoms with Crippen molar-refractivity contribution in [2.75, 3.05) is 45.7 Å². The number of likely N-dealkylation sites (N-methyl/N-ethyl adjacent to an activating group) is 1. The van der Waals surface area contributed by atoms with Gasteiger partial charge in [0.15, 0.2) is 0 Å². The summed E-state index contributed by atoms with van der Waals surface area (Å²) in [4.78, 5) is 60.3. The number of nitrogens with one attached hydrogen (secondary N) is 3. The van der Waals surface area contributed by atoms with Crippen molar-refractivity contribution in [2.24, 2.45) is 11.3 Å². The third kappa shape index (κ3) is 9.78. The molecule has 1 saturated carbocycles. The van der Waals surface area contributed by atoms with Crippen LogP contribution in [0.3, 0.4) is 0 Å². The van der Waals surface area contributed by atoms with E-state index in [0.29, 0.717) is 31.7 Å². The van der Waals surface area contributed by atoms with Crippen LogP contribution in [0, 0.1) is 17.2 Å². The minimum Gasteiger partial charge on any atom is -0.481 e. The van der Waals surface area contributed by atoms with Gasteiger partial charge in [-0.2, -0.15) is 22.0 Å². The lowest BCUT2D eigenvalue weighted by atomic mass is 9.67. The van der Waals surface area contributed by atoms with Gasteiger partial charge in [-0.05, 0) is 61.9 Å². The smallest absolute Gasteiger partial charge is 0.391 e. The Hall–Kier alpha value is -4.41. The topological polar surface area (TPSA) is 133 Å². The molecule has 2 fully saturated rings. The van der Waals surface area contributed by atoms with Gasteiger partial charge in [0, 0.05) is 56.3 Å². The predicted molar refractivity (Wildman–Crippen MR) is 182 cm³/mol. The Morgan fingerprint density at radius 3 is 2.17 bits per heavy atom. The van der Waals surface area contributed by atoms with Crippen LogP contribution in [0.4, 0.5) is 32.0 Å².